The average molecular weight is 262 g/mol. The van der Waals surface area contributed by atoms with E-state index in [0.29, 0.717) is 12.8 Å². The summed E-state index contributed by atoms with van der Waals surface area (Å²) < 4.78 is 10.9. The van der Waals surface area contributed by atoms with Gasteiger partial charge in [0.25, 0.3) is 0 Å². The molecule has 104 valence electrons. The van der Waals surface area contributed by atoms with Crippen molar-refractivity contribution >= 4 is 0 Å². The average Bonchev–Trinajstić information content (AvgIpc) is 2.83. The predicted octanol–water partition coefficient (Wildman–Crippen LogP) is 1.56. The molecular weight excluding hydrogens is 240 g/mol. The number of ether oxygens (including phenoxy) is 2. The highest BCUT2D eigenvalue weighted by Crippen LogP contribution is 2.35. The Balaban J connectivity index is 1.63. The monoisotopic (exact) mass is 262 g/mol. The normalized spacial score (nSPS) is 22.7. The molecular formula is C15H22N2O2. The summed E-state index contributed by atoms with van der Waals surface area (Å²) in [7, 11) is 2.19. The van der Waals surface area contributed by atoms with Gasteiger partial charge in [-0.25, -0.2) is 0 Å². The minimum atomic E-state index is 0.354. The summed E-state index contributed by atoms with van der Waals surface area (Å²) in [6, 6.07) is 4.84. The third-order valence-corrected chi connectivity index (χ3v) is 4.05. The topological polar surface area (TPSA) is 33.7 Å². The first-order chi connectivity index (χ1) is 9.22. The lowest BCUT2D eigenvalue weighted by molar-refractivity contribution is 0.174. The summed E-state index contributed by atoms with van der Waals surface area (Å²) in [4.78, 5) is 2.40. The summed E-state index contributed by atoms with van der Waals surface area (Å²) in [6.45, 7) is 5.90. The van der Waals surface area contributed by atoms with Crippen molar-refractivity contribution in [2.45, 2.75) is 25.8 Å². The van der Waals surface area contributed by atoms with Crippen LogP contribution in [-0.4, -0.2) is 44.4 Å². The zero-order chi connectivity index (χ0) is 13.2. The van der Waals surface area contributed by atoms with Crippen molar-refractivity contribution in [1.29, 1.82) is 0 Å². The standard InChI is InChI=1S/C15H22N2O2/c1-11-7-14-15(19-10-18-14)8-12(11)3-4-13-9-17(2)6-5-16-13/h7-8,13,16H,3-6,9-10H2,1-2H3. The molecule has 1 N–H and O–H groups in total. The molecule has 0 bridgehead atoms. The van der Waals surface area contributed by atoms with Crippen molar-refractivity contribution in [3.05, 3.63) is 23.3 Å². The van der Waals surface area contributed by atoms with Crippen molar-refractivity contribution in [2.75, 3.05) is 33.5 Å². The molecule has 1 aromatic rings. The Morgan fingerprint density at radius 2 is 2.11 bits per heavy atom. The third-order valence-electron chi connectivity index (χ3n) is 4.05. The van der Waals surface area contributed by atoms with E-state index in [9.17, 15) is 0 Å². The van der Waals surface area contributed by atoms with E-state index in [4.69, 9.17) is 9.47 Å². The van der Waals surface area contributed by atoms with Crippen LogP contribution in [0.15, 0.2) is 12.1 Å². The quantitative estimate of drug-likeness (QED) is 0.896. The summed E-state index contributed by atoms with van der Waals surface area (Å²) in [5.41, 5.74) is 2.67. The molecule has 1 saturated heterocycles. The Labute approximate surface area is 114 Å². The van der Waals surface area contributed by atoms with Crippen LogP contribution in [-0.2, 0) is 6.42 Å². The molecule has 0 saturated carbocycles. The van der Waals surface area contributed by atoms with Crippen LogP contribution >= 0.6 is 0 Å². The van der Waals surface area contributed by atoms with Gasteiger partial charge in [0.05, 0.1) is 0 Å². The van der Waals surface area contributed by atoms with Crippen molar-refractivity contribution in [3.63, 3.8) is 0 Å². The molecule has 0 amide bonds. The number of nitrogens with one attached hydrogen (secondary N) is 1. The number of nitrogens with zero attached hydrogens (tertiary/aromatic N) is 1. The molecule has 1 atom stereocenters. The fourth-order valence-electron chi connectivity index (χ4n) is 2.87. The van der Waals surface area contributed by atoms with Gasteiger partial charge in [0.2, 0.25) is 6.79 Å². The van der Waals surface area contributed by atoms with E-state index in [2.05, 4.69) is 36.3 Å². The fraction of sp³-hybridized carbons (Fsp3) is 0.600. The van der Waals surface area contributed by atoms with Crippen LogP contribution in [0.25, 0.3) is 0 Å². The minimum Gasteiger partial charge on any atom is -0.454 e. The number of rotatable bonds is 3. The smallest absolute Gasteiger partial charge is 0.231 e. The molecule has 2 heterocycles. The van der Waals surface area contributed by atoms with E-state index >= 15 is 0 Å². The SMILES string of the molecule is Cc1cc2c(cc1CCC1CN(C)CCN1)OCO2. The molecule has 2 aliphatic heterocycles. The second kappa shape index (κ2) is 5.39. The van der Waals surface area contributed by atoms with Gasteiger partial charge in [-0.15, -0.1) is 0 Å². The predicted molar refractivity (Wildman–Crippen MR) is 74.9 cm³/mol. The molecule has 0 aliphatic carbocycles. The van der Waals surface area contributed by atoms with E-state index in [0.717, 1.165) is 37.6 Å². The maximum Gasteiger partial charge on any atom is 0.231 e. The van der Waals surface area contributed by atoms with Crippen molar-refractivity contribution in [1.82, 2.24) is 10.2 Å². The van der Waals surface area contributed by atoms with Crippen LogP contribution in [0.1, 0.15) is 17.5 Å². The lowest BCUT2D eigenvalue weighted by Gasteiger charge is -2.31. The molecule has 4 nitrogen and oxygen atoms in total. The summed E-state index contributed by atoms with van der Waals surface area (Å²) in [5.74, 6) is 1.78. The lowest BCUT2D eigenvalue weighted by Crippen LogP contribution is -2.49. The Kier molecular flexibility index (Phi) is 3.62. The van der Waals surface area contributed by atoms with Crippen molar-refractivity contribution < 1.29 is 9.47 Å². The minimum absolute atomic E-state index is 0.354. The molecule has 0 aromatic heterocycles. The second-order valence-corrected chi connectivity index (χ2v) is 5.58. The number of fused-ring (bicyclic) bond motifs is 1. The number of hydrogen-bond acceptors (Lipinski definition) is 4. The van der Waals surface area contributed by atoms with Crippen molar-refractivity contribution in [2.24, 2.45) is 0 Å². The van der Waals surface area contributed by atoms with Gasteiger partial charge in [0.15, 0.2) is 11.5 Å². The lowest BCUT2D eigenvalue weighted by atomic mass is 9.99. The van der Waals surface area contributed by atoms with Crippen molar-refractivity contribution in [3.8, 4) is 11.5 Å². The molecule has 2 aliphatic rings. The third kappa shape index (κ3) is 2.85. The zero-order valence-corrected chi connectivity index (χ0v) is 11.7. The zero-order valence-electron chi connectivity index (χ0n) is 11.7. The van der Waals surface area contributed by atoms with Gasteiger partial charge in [-0.05, 0) is 50.1 Å². The largest absolute Gasteiger partial charge is 0.454 e. The highest BCUT2D eigenvalue weighted by atomic mass is 16.7. The van der Waals surface area contributed by atoms with Crippen LogP contribution in [0.4, 0.5) is 0 Å². The molecule has 1 fully saturated rings. The summed E-state index contributed by atoms with van der Waals surface area (Å²) in [5, 5.41) is 3.59. The summed E-state index contributed by atoms with van der Waals surface area (Å²) >= 11 is 0. The Hall–Kier alpha value is -1.26. The highest BCUT2D eigenvalue weighted by Gasteiger charge is 2.18. The number of hydrogen-bond donors (Lipinski definition) is 1. The number of piperazine rings is 1. The van der Waals surface area contributed by atoms with E-state index in [1.165, 1.54) is 17.5 Å². The number of aryl methyl sites for hydroxylation is 2. The fourth-order valence-corrected chi connectivity index (χ4v) is 2.87. The van der Waals surface area contributed by atoms with E-state index in [1.54, 1.807) is 0 Å². The van der Waals surface area contributed by atoms with Crippen LogP contribution in [0.5, 0.6) is 11.5 Å². The van der Waals surface area contributed by atoms with Crippen LogP contribution in [0.2, 0.25) is 0 Å². The highest BCUT2D eigenvalue weighted by molar-refractivity contribution is 5.48. The molecule has 1 unspecified atom stereocenters. The van der Waals surface area contributed by atoms with Gasteiger partial charge in [-0.1, -0.05) is 0 Å². The number of benzene rings is 1. The van der Waals surface area contributed by atoms with Gasteiger partial charge in [0, 0.05) is 25.7 Å². The van der Waals surface area contributed by atoms with Crippen LogP contribution in [0, 0.1) is 6.92 Å². The van der Waals surface area contributed by atoms with Gasteiger partial charge in [-0.2, -0.15) is 0 Å². The maximum absolute atomic E-state index is 5.46. The molecule has 19 heavy (non-hydrogen) atoms. The molecule has 0 radical (unpaired) electrons. The Morgan fingerprint density at radius 3 is 2.89 bits per heavy atom. The first-order valence-electron chi connectivity index (χ1n) is 7.03. The van der Waals surface area contributed by atoms with Gasteiger partial charge >= 0.3 is 0 Å². The van der Waals surface area contributed by atoms with E-state index in [1.807, 2.05) is 0 Å². The molecule has 0 spiro atoms. The van der Waals surface area contributed by atoms with Gasteiger partial charge in [-0.3, -0.25) is 0 Å². The van der Waals surface area contributed by atoms with Gasteiger partial charge < -0.3 is 19.7 Å². The molecule has 1 aromatic carbocycles. The first kappa shape index (κ1) is 12.8. The van der Waals surface area contributed by atoms with Crippen LogP contribution < -0.4 is 14.8 Å². The van der Waals surface area contributed by atoms with Crippen LogP contribution in [0.3, 0.4) is 0 Å². The van der Waals surface area contributed by atoms with E-state index < -0.39 is 0 Å². The Bertz CT molecular complexity index is 462. The molecule has 4 heteroatoms. The van der Waals surface area contributed by atoms with Gasteiger partial charge in [0.1, 0.15) is 0 Å². The molecule has 3 rings (SSSR count). The number of likely N-dealkylation sites (N-methyl/N-ethyl adjacent to an activating group) is 1. The second-order valence-electron chi connectivity index (χ2n) is 5.58. The van der Waals surface area contributed by atoms with E-state index in [-0.39, 0.29) is 0 Å². The Morgan fingerprint density at radius 1 is 1.32 bits per heavy atom. The maximum atomic E-state index is 5.46. The summed E-state index contributed by atoms with van der Waals surface area (Å²) in [6.07, 6.45) is 2.26. The first-order valence-corrected chi connectivity index (χ1v) is 7.03.